The predicted octanol–water partition coefficient (Wildman–Crippen LogP) is 3.11. The summed E-state index contributed by atoms with van der Waals surface area (Å²) in [5.41, 5.74) is 2.33. The van der Waals surface area contributed by atoms with Gasteiger partial charge in [0.1, 0.15) is 5.82 Å². The molecule has 0 aliphatic carbocycles. The molecule has 166 valence electrons. The Morgan fingerprint density at radius 1 is 1.23 bits per heavy atom. The fraction of sp³-hybridized carbons (Fsp3) is 0.500. The number of aromatic nitrogens is 2. The van der Waals surface area contributed by atoms with Crippen molar-refractivity contribution in [3.8, 4) is 0 Å². The van der Waals surface area contributed by atoms with Crippen LogP contribution in [0.1, 0.15) is 66.6 Å². The van der Waals surface area contributed by atoms with Gasteiger partial charge in [0.15, 0.2) is 0 Å². The average Bonchev–Trinajstić information content (AvgIpc) is 2.77. The molecule has 1 aliphatic rings. The molecule has 2 heterocycles. The first kappa shape index (κ1) is 22.9. The van der Waals surface area contributed by atoms with Crippen LogP contribution >= 0.6 is 0 Å². The van der Waals surface area contributed by atoms with Crippen molar-refractivity contribution in [3.63, 3.8) is 0 Å². The van der Waals surface area contributed by atoms with E-state index < -0.39 is 0 Å². The van der Waals surface area contributed by atoms with Crippen molar-refractivity contribution in [2.45, 2.75) is 58.7 Å². The van der Waals surface area contributed by atoms with E-state index in [1.807, 2.05) is 56.0 Å². The van der Waals surface area contributed by atoms with Gasteiger partial charge in [0.2, 0.25) is 5.91 Å². The van der Waals surface area contributed by atoms with Crippen LogP contribution in [0.4, 0.5) is 0 Å². The van der Waals surface area contributed by atoms with Gasteiger partial charge in [-0.25, -0.2) is 9.97 Å². The Morgan fingerprint density at radius 3 is 2.65 bits per heavy atom. The minimum absolute atomic E-state index is 0.0718. The van der Waals surface area contributed by atoms with Crippen LogP contribution in [0, 0.1) is 6.92 Å². The van der Waals surface area contributed by atoms with Crippen molar-refractivity contribution in [3.05, 3.63) is 59.2 Å². The maximum absolute atomic E-state index is 13.3. The lowest BCUT2D eigenvalue weighted by Crippen LogP contribution is -2.46. The van der Waals surface area contributed by atoms with Gasteiger partial charge in [-0.1, -0.05) is 36.8 Å². The number of hydrogen-bond donors (Lipinski definition) is 1. The van der Waals surface area contributed by atoms with Crippen LogP contribution in [0.15, 0.2) is 36.5 Å². The van der Waals surface area contributed by atoms with Crippen LogP contribution < -0.4 is 5.32 Å². The Balaban J connectivity index is 1.83. The third kappa shape index (κ3) is 5.67. The summed E-state index contributed by atoms with van der Waals surface area (Å²) in [5.74, 6) is 0.533. The molecule has 1 fully saturated rings. The van der Waals surface area contributed by atoms with E-state index in [2.05, 4.69) is 20.2 Å². The minimum Gasteiger partial charge on any atom is -0.355 e. The topological polar surface area (TPSA) is 78.4 Å². The van der Waals surface area contributed by atoms with Crippen molar-refractivity contribution in [2.24, 2.45) is 0 Å². The third-order valence-corrected chi connectivity index (χ3v) is 5.82. The number of hydrogen-bond acceptors (Lipinski definition) is 5. The number of nitrogens with one attached hydrogen (secondary N) is 1. The normalized spacial score (nSPS) is 16.9. The lowest BCUT2D eigenvalue weighted by Gasteiger charge is -2.37. The molecule has 1 aromatic carbocycles. The number of piperidine rings is 1. The molecule has 0 saturated carbocycles. The van der Waals surface area contributed by atoms with Crippen LogP contribution in [0.5, 0.6) is 0 Å². The summed E-state index contributed by atoms with van der Waals surface area (Å²) in [6.07, 6.45) is 4.54. The maximum atomic E-state index is 13.3. The molecule has 1 saturated heterocycles. The molecular formula is C24H33N5O2. The van der Waals surface area contributed by atoms with E-state index in [9.17, 15) is 9.59 Å². The SMILES string of the molecule is CNC(=O)c1cnc(C)nc1[C@H]1CCCCN1CC(=O)N(Cc1ccccc1)C(C)C. The highest BCUT2D eigenvalue weighted by molar-refractivity contribution is 5.95. The fourth-order valence-electron chi connectivity index (χ4n) is 4.14. The molecule has 7 heteroatoms. The van der Waals surface area contributed by atoms with Gasteiger partial charge in [-0.05, 0) is 45.7 Å². The quantitative estimate of drug-likeness (QED) is 0.740. The summed E-state index contributed by atoms with van der Waals surface area (Å²) in [7, 11) is 1.61. The molecule has 0 radical (unpaired) electrons. The largest absolute Gasteiger partial charge is 0.355 e. The monoisotopic (exact) mass is 423 g/mol. The van der Waals surface area contributed by atoms with E-state index in [1.54, 1.807) is 13.2 Å². The van der Waals surface area contributed by atoms with E-state index >= 15 is 0 Å². The number of nitrogens with zero attached hydrogens (tertiary/aromatic N) is 4. The van der Waals surface area contributed by atoms with Gasteiger partial charge in [0, 0.05) is 25.8 Å². The molecule has 0 spiro atoms. The van der Waals surface area contributed by atoms with E-state index in [4.69, 9.17) is 0 Å². The zero-order valence-electron chi connectivity index (χ0n) is 19.0. The van der Waals surface area contributed by atoms with E-state index in [0.29, 0.717) is 24.5 Å². The lowest BCUT2D eigenvalue weighted by molar-refractivity contribution is -0.135. The molecular weight excluding hydrogens is 390 g/mol. The zero-order valence-corrected chi connectivity index (χ0v) is 19.0. The van der Waals surface area contributed by atoms with Crippen LogP contribution in [0.25, 0.3) is 0 Å². The average molecular weight is 424 g/mol. The Labute approximate surface area is 184 Å². The second-order valence-electron chi connectivity index (χ2n) is 8.38. The summed E-state index contributed by atoms with van der Waals surface area (Å²) in [6, 6.07) is 10.1. The van der Waals surface area contributed by atoms with Gasteiger partial charge in [-0.15, -0.1) is 0 Å². The van der Waals surface area contributed by atoms with Crippen molar-refractivity contribution in [1.82, 2.24) is 25.1 Å². The second-order valence-corrected chi connectivity index (χ2v) is 8.38. The van der Waals surface area contributed by atoms with Gasteiger partial charge in [0.05, 0.1) is 23.8 Å². The highest BCUT2D eigenvalue weighted by atomic mass is 16.2. The standard InChI is InChI=1S/C24H33N5O2/c1-17(2)29(15-19-10-6-5-7-11-19)22(30)16-28-13-9-8-12-21(28)23-20(24(31)25-4)14-26-18(3)27-23/h5-7,10-11,14,17,21H,8-9,12-13,15-16H2,1-4H3,(H,25,31)/t21-/m1/s1. The van der Waals surface area contributed by atoms with Crippen molar-refractivity contribution in [2.75, 3.05) is 20.1 Å². The molecule has 1 N–H and O–H groups in total. The smallest absolute Gasteiger partial charge is 0.254 e. The van der Waals surface area contributed by atoms with Crippen molar-refractivity contribution >= 4 is 11.8 Å². The highest BCUT2D eigenvalue weighted by Crippen LogP contribution is 2.31. The molecule has 31 heavy (non-hydrogen) atoms. The maximum Gasteiger partial charge on any atom is 0.254 e. The summed E-state index contributed by atoms with van der Waals surface area (Å²) in [4.78, 5) is 38.7. The zero-order chi connectivity index (χ0) is 22.4. The third-order valence-electron chi connectivity index (χ3n) is 5.82. The van der Waals surface area contributed by atoms with Gasteiger partial charge >= 0.3 is 0 Å². The molecule has 0 unspecified atom stereocenters. The first-order valence-electron chi connectivity index (χ1n) is 11.0. The number of carbonyl (C=O) groups is 2. The first-order chi connectivity index (χ1) is 14.9. The summed E-state index contributed by atoms with van der Waals surface area (Å²) in [5, 5.41) is 2.68. The molecule has 1 atom stereocenters. The summed E-state index contributed by atoms with van der Waals surface area (Å²) >= 11 is 0. The van der Waals surface area contributed by atoms with Crippen LogP contribution in [-0.2, 0) is 11.3 Å². The molecule has 2 amide bonds. The number of carbonyl (C=O) groups excluding carboxylic acids is 2. The van der Waals surface area contributed by atoms with Crippen LogP contribution in [0.2, 0.25) is 0 Å². The Hall–Kier alpha value is -2.80. The minimum atomic E-state index is -0.195. The lowest BCUT2D eigenvalue weighted by atomic mass is 9.96. The molecule has 3 rings (SSSR count). The number of rotatable bonds is 7. The molecule has 7 nitrogen and oxygen atoms in total. The predicted molar refractivity (Wildman–Crippen MR) is 120 cm³/mol. The summed E-state index contributed by atoms with van der Waals surface area (Å²) in [6.45, 7) is 7.63. The van der Waals surface area contributed by atoms with Gasteiger partial charge in [-0.3, -0.25) is 14.5 Å². The number of likely N-dealkylation sites (tertiary alicyclic amines) is 1. The number of aryl methyl sites for hydroxylation is 1. The van der Waals surface area contributed by atoms with Gasteiger partial charge < -0.3 is 10.2 Å². The van der Waals surface area contributed by atoms with E-state index in [0.717, 1.165) is 37.1 Å². The fourth-order valence-corrected chi connectivity index (χ4v) is 4.14. The second kappa shape index (κ2) is 10.5. The Morgan fingerprint density at radius 2 is 1.97 bits per heavy atom. The molecule has 1 aromatic heterocycles. The highest BCUT2D eigenvalue weighted by Gasteiger charge is 2.31. The Bertz CT molecular complexity index is 900. The van der Waals surface area contributed by atoms with Crippen molar-refractivity contribution in [1.29, 1.82) is 0 Å². The molecule has 0 bridgehead atoms. The molecule has 1 aliphatic heterocycles. The van der Waals surface area contributed by atoms with E-state index in [-0.39, 0.29) is 23.9 Å². The molecule has 2 aromatic rings. The van der Waals surface area contributed by atoms with Gasteiger partial charge in [-0.2, -0.15) is 0 Å². The van der Waals surface area contributed by atoms with Crippen molar-refractivity contribution < 1.29 is 9.59 Å². The first-order valence-corrected chi connectivity index (χ1v) is 11.0. The van der Waals surface area contributed by atoms with Crippen LogP contribution in [-0.4, -0.2) is 57.8 Å². The van der Waals surface area contributed by atoms with Gasteiger partial charge in [0.25, 0.3) is 5.91 Å². The number of amides is 2. The Kier molecular flexibility index (Phi) is 7.74. The summed E-state index contributed by atoms with van der Waals surface area (Å²) < 4.78 is 0. The van der Waals surface area contributed by atoms with E-state index in [1.165, 1.54) is 0 Å². The van der Waals surface area contributed by atoms with Crippen LogP contribution in [0.3, 0.4) is 0 Å². The number of benzene rings is 1.